The summed E-state index contributed by atoms with van der Waals surface area (Å²) in [5.41, 5.74) is -1.70. The summed E-state index contributed by atoms with van der Waals surface area (Å²) < 4.78 is 92.2. The topological polar surface area (TPSA) is 49.4 Å². The van der Waals surface area contributed by atoms with Gasteiger partial charge in [0.15, 0.2) is 11.6 Å². The number of amides is 2. The number of hydrogen-bond donors (Lipinski definition) is 1. The fourth-order valence-corrected chi connectivity index (χ4v) is 3.48. The zero-order valence-corrected chi connectivity index (χ0v) is 15.6. The highest BCUT2D eigenvalue weighted by Crippen LogP contribution is 2.38. The second-order valence-electron chi connectivity index (χ2n) is 6.93. The van der Waals surface area contributed by atoms with Crippen molar-refractivity contribution >= 4 is 17.5 Å². The monoisotopic (exact) mass is 448 g/mol. The molecule has 0 aromatic heterocycles. The molecule has 1 N–H and O–H groups in total. The van der Waals surface area contributed by atoms with E-state index in [1.807, 2.05) is 5.32 Å². The number of hydrogen-bond acceptors (Lipinski definition) is 2. The average Bonchev–Trinajstić information content (AvgIpc) is 3.00. The summed E-state index contributed by atoms with van der Waals surface area (Å²) in [7, 11) is 0. The third-order valence-corrected chi connectivity index (χ3v) is 4.89. The van der Waals surface area contributed by atoms with Gasteiger partial charge in [0.2, 0.25) is 11.8 Å². The normalized spacial score (nSPS) is 19.2. The van der Waals surface area contributed by atoms with Gasteiger partial charge in [-0.05, 0) is 23.8 Å². The van der Waals surface area contributed by atoms with E-state index in [1.54, 1.807) is 0 Å². The number of nitrogens with zero attached hydrogens (tertiary/aromatic N) is 1. The summed E-state index contributed by atoms with van der Waals surface area (Å²) in [5.74, 6) is -7.77. The molecule has 31 heavy (non-hydrogen) atoms. The lowest BCUT2D eigenvalue weighted by molar-refractivity contribution is -0.138. The Kier molecular flexibility index (Phi) is 6.23. The number of benzene rings is 2. The first-order valence-electron chi connectivity index (χ1n) is 8.98. The van der Waals surface area contributed by atoms with Crippen molar-refractivity contribution in [3.63, 3.8) is 0 Å². The van der Waals surface area contributed by atoms with Crippen molar-refractivity contribution in [3.05, 3.63) is 65.2 Å². The van der Waals surface area contributed by atoms with Crippen molar-refractivity contribution in [2.45, 2.75) is 18.5 Å². The quantitative estimate of drug-likeness (QED) is 0.544. The van der Waals surface area contributed by atoms with Gasteiger partial charge in [-0.2, -0.15) is 13.2 Å². The van der Waals surface area contributed by atoms with Crippen LogP contribution < -0.4 is 5.32 Å². The fourth-order valence-electron chi connectivity index (χ4n) is 3.48. The third-order valence-electron chi connectivity index (χ3n) is 4.89. The molecule has 2 amide bonds. The molecule has 3 rings (SSSR count). The Balaban J connectivity index is 1.96. The Hall–Kier alpha value is -3.11. The van der Waals surface area contributed by atoms with E-state index in [-0.39, 0.29) is 5.56 Å². The van der Waals surface area contributed by atoms with Gasteiger partial charge in [-0.3, -0.25) is 9.59 Å². The molecule has 0 aliphatic carbocycles. The zero-order valence-electron chi connectivity index (χ0n) is 15.6. The van der Waals surface area contributed by atoms with Gasteiger partial charge in [0, 0.05) is 12.5 Å². The predicted molar refractivity (Wildman–Crippen MR) is 95.2 cm³/mol. The molecule has 2 aromatic rings. The maximum atomic E-state index is 13.9. The smallest absolute Gasteiger partial charge is 0.336 e. The summed E-state index contributed by atoms with van der Waals surface area (Å²) in [5, 5.41) is 2.03. The molecule has 0 bridgehead atoms. The van der Waals surface area contributed by atoms with Crippen LogP contribution in [0.5, 0.6) is 0 Å². The minimum absolute atomic E-state index is 0.0696. The lowest BCUT2D eigenvalue weighted by Gasteiger charge is -2.18. The molecule has 0 radical (unpaired) electrons. The van der Waals surface area contributed by atoms with Crippen molar-refractivity contribution in [2.24, 2.45) is 5.92 Å². The van der Waals surface area contributed by atoms with Gasteiger partial charge < -0.3 is 10.2 Å². The summed E-state index contributed by atoms with van der Waals surface area (Å²) in [6.07, 6.45) is -7.64. The van der Waals surface area contributed by atoms with Crippen LogP contribution in [0.1, 0.15) is 17.0 Å². The summed E-state index contributed by atoms with van der Waals surface area (Å²) >= 11 is 0. The van der Waals surface area contributed by atoms with Gasteiger partial charge in [0.1, 0.15) is 5.92 Å². The highest BCUT2D eigenvalue weighted by Gasteiger charge is 2.47. The SMILES string of the molecule is O=C(Nc1cccc(F)c1F)C1C(=O)N(CC(F)F)CC1c1cccc(C(F)(F)F)c1. The molecule has 4 nitrogen and oxygen atoms in total. The molecule has 1 saturated heterocycles. The minimum Gasteiger partial charge on any atom is -0.336 e. The highest BCUT2D eigenvalue weighted by atomic mass is 19.4. The van der Waals surface area contributed by atoms with Crippen molar-refractivity contribution < 1.29 is 40.3 Å². The number of alkyl halides is 5. The summed E-state index contributed by atoms with van der Waals surface area (Å²) in [6.45, 7) is -1.46. The van der Waals surface area contributed by atoms with Crippen LogP contribution in [-0.4, -0.2) is 36.2 Å². The lowest BCUT2D eigenvalue weighted by atomic mass is 9.87. The van der Waals surface area contributed by atoms with Crippen LogP contribution in [0.3, 0.4) is 0 Å². The maximum absolute atomic E-state index is 13.9. The first kappa shape index (κ1) is 22.6. The van der Waals surface area contributed by atoms with Gasteiger partial charge >= 0.3 is 6.18 Å². The highest BCUT2D eigenvalue weighted by molar-refractivity contribution is 6.08. The number of carbonyl (C=O) groups excluding carboxylic acids is 2. The molecule has 1 heterocycles. The zero-order chi connectivity index (χ0) is 22.9. The Morgan fingerprint density at radius 3 is 2.45 bits per heavy atom. The van der Waals surface area contributed by atoms with Gasteiger partial charge in [0.25, 0.3) is 6.43 Å². The second-order valence-corrected chi connectivity index (χ2v) is 6.93. The molecule has 0 saturated carbocycles. The number of halogens is 7. The Bertz CT molecular complexity index is 994. The molecule has 1 fully saturated rings. The van der Waals surface area contributed by atoms with Crippen molar-refractivity contribution in [1.29, 1.82) is 0 Å². The van der Waals surface area contributed by atoms with E-state index in [1.165, 1.54) is 6.07 Å². The number of nitrogens with one attached hydrogen (secondary N) is 1. The Morgan fingerprint density at radius 1 is 1.13 bits per heavy atom. The van der Waals surface area contributed by atoms with Gasteiger partial charge in [0.05, 0.1) is 17.8 Å². The number of rotatable bonds is 5. The lowest BCUT2D eigenvalue weighted by Crippen LogP contribution is -2.36. The Morgan fingerprint density at radius 2 is 1.81 bits per heavy atom. The van der Waals surface area contributed by atoms with Crippen LogP contribution in [0.25, 0.3) is 0 Å². The number of likely N-dealkylation sites (tertiary alicyclic amines) is 1. The maximum Gasteiger partial charge on any atom is 0.416 e. The molecule has 166 valence electrons. The van der Waals surface area contributed by atoms with Crippen LogP contribution in [-0.2, 0) is 15.8 Å². The van der Waals surface area contributed by atoms with Crippen LogP contribution >= 0.6 is 0 Å². The number of carbonyl (C=O) groups is 2. The minimum atomic E-state index is -4.70. The first-order chi connectivity index (χ1) is 14.5. The van der Waals surface area contributed by atoms with Gasteiger partial charge in [-0.15, -0.1) is 0 Å². The molecular formula is C20H15F7N2O2. The molecule has 11 heteroatoms. The van der Waals surface area contributed by atoms with Crippen molar-refractivity contribution in [2.75, 3.05) is 18.4 Å². The first-order valence-corrected chi connectivity index (χ1v) is 8.98. The van der Waals surface area contributed by atoms with Crippen LogP contribution in [0.4, 0.5) is 36.4 Å². The molecule has 2 unspecified atom stereocenters. The fraction of sp³-hybridized carbons (Fsp3) is 0.300. The van der Waals surface area contributed by atoms with Gasteiger partial charge in [-0.1, -0.05) is 24.3 Å². The molecular weight excluding hydrogens is 433 g/mol. The largest absolute Gasteiger partial charge is 0.416 e. The molecule has 1 aliphatic heterocycles. The predicted octanol–water partition coefficient (Wildman–Crippen LogP) is 4.43. The second kappa shape index (κ2) is 8.56. The van der Waals surface area contributed by atoms with E-state index < -0.39 is 72.2 Å². The van der Waals surface area contributed by atoms with Crippen LogP contribution in [0.15, 0.2) is 42.5 Å². The van der Waals surface area contributed by atoms with Crippen molar-refractivity contribution in [1.82, 2.24) is 4.90 Å². The van der Waals surface area contributed by atoms with E-state index >= 15 is 0 Å². The Labute approximate surface area is 171 Å². The summed E-state index contributed by atoms with van der Waals surface area (Å²) in [6, 6.07) is 6.73. The van der Waals surface area contributed by atoms with E-state index in [0.29, 0.717) is 4.90 Å². The molecule has 2 atom stereocenters. The van der Waals surface area contributed by atoms with E-state index in [9.17, 15) is 40.3 Å². The van der Waals surface area contributed by atoms with E-state index in [4.69, 9.17) is 0 Å². The summed E-state index contributed by atoms with van der Waals surface area (Å²) in [4.78, 5) is 26.0. The number of anilines is 1. The van der Waals surface area contributed by atoms with Crippen LogP contribution in [0, 0.1) is 17.6 Å². The van der Waals surface area contributed by atoms with Crippen molar-refractivity contribution in [3.8, 4) is 0 Å². The molecule has 1 aliphatic rings. The molecule has 2 aromatic carbocycles. The van der Waals surface area contributed by atoms with Gasteiger partial charge in [-0.25, -0.2) is 17.6 Å². The van der Waals surface area contributed by atoms with E-state index in [0.717, 1.165) is 36.4 Å². The van der Waals surface area contributed by atoms with E-state index in [2.05, 4.69) is 0 Å². The third kappa shape index (κ3) is 4.80. The van der Waals surface area contributed by atoms with Crippen LogP contribution in [0.2, 0.25) is 0 Å². The standard InChI is InChI=1S/C20H15F7N2O2/c21-13-5-2-6-14(17(13)24)28-18(30)16-12(8-29(19(16)31)9-15(22)23)10-3-1-4-11(7-10)20(25,26)27/h1-7,12,15-16H,8-9H2,(H,28,30). The molecule has 0 spiro atoms. The average molecular weight is 448 g/mol.